The van der Waals surface area contributed by atoms with E-state index < -0.39 is 5.97 Å². The summed E-state index contributed by atoms with van der Waals surface area (Å²) in [7, 11) is 0. The Morgan fingerprint density at radius 2 is 2.20 bits per heavy atom. The second kappa shape index (κ2) is 3.23. The van der Waals surface area contributed by atoms with Crippen LogP contribution in [0.2, 0.25) is 0 Å². The van der Waals surface area contributed by atoms with E-state index in [0.29, 0.717) is 11.5 Å². The third kappa shape index (κ3) is 1.50. The summed E-state index contributed by atoms with van der Waals surface area (Å²) >= 11 is 0. The van der Waals surface area contributed by atoms with Gasteiger partial charge in [0.15, 0.2) is 0 Å². The molecule has 0 aliphatic carbocycles. The number of hydrogen-bond acceptors (Lipinski definition) is 5. The molecule has 6 nitrogen and oxygen atoms in total. The molecule has 0 fully saturated rings. The number of carbonyl (C=O) groups is 1. The molecule has 0 saturated heterocycles. The first kappa shape index (κ1) is 9.45. The number of oxazole rings is 1. The van der Waals surface area contributed by atoms with Crippen molar-refractivity contribution in [2.45, 2.75) is 13.8 Å². The number of aryl methyl sites for hydroxylation is 2. The third-order valence-corrected chi connectivity index (χ3v) is 2.02. The molecule has 2 rings (SSSR count). The van der Waals surface area contributed by atoms with Crippen molar-refractivity contribution in [1.82, 2.24) is 10.1 Å². The zero-order valence-corrected chi connectivity index (χ0v) is 8.14. The maximum Gasteiger partial charge on any atom is 0.341 e. The zero-order valence-electron chi connectivity index (χ0n) is 8.14. The first-order valence-electron chi connectivity index (χ1n) is 4.22. The molecule has 0 unspecified atom stereocenters. The van der Waals surface area contributed by atoms with Gasteiger partial charge in [-0.2, -0.15) is 0 Å². The van der Waals surface area contributed by atoms with Gasteiger partial charge in [-0.15, -0.1) is 0 Å². The first-order valence-corrected chi connectivity index (χ1v) is 4.22. The highest BCUT2D eigenvalue weighted by Crippen LogP contribution is 2.24. The molecule has 0 saturated carbocycles. The minimum absolute atomic E-state index is 0.0405. The second-order valence-corrected chi connectivity index (χ2v) is 3.03. The Morgan fingerprint density at radius 3 is 2.73 bits per heavy atom. The van der Waals surface area contributed by atoms with E-state index in [1.807, 2.05) is 0 Å². The van der Waals surface area contributed by atoms with Gasteiger partial charge in [-0.3, -0.25) is 0 Å². The largest absolute Gasteiger partial charge is 0.477 e. The molecule has 0 spiro atoms. The fourth-order valence-corrected chi connectivity index (χ4v) is 1.12. The van der Waals surface area contributed by atoms with Crippen molar-refractivity contribution in [3.63, 3.8) is 0 Å². The fraction of sp³-hybridized carbons (Fsp3) is 0.222. The molecule has 0 aromatic carbocycles. The minimum Gasteiger partial charge on any atom is -0.477 e. The molecule has 0 radical (unpaired) electrons. The quantitative estimate of drug-likeness (QED) is 0.806. The van der Waals surface area contributed by atoms with Gasteiger partial charge in [-0.05, 0) is 13.8 Å². The average Bonchev–Trinajstić information content (AvgIpc) is 2.73. The summed E-state index contributed by atoms with van der Waals surface area (Å²) in [6.07, 6.45) is 1.12. The molecule has 0 aliphatic heterocycles. The van der Waals surface area contributed by atoms with Crippen molar-refractivity contribution in [2.75, 3.05) is 0 Å². The van der Waals surface area contributed by atoms with E-state index in [-0.39, 0.29) is 17.2 Å². The van der Waals surface area contributed by atoms with Crippen LogP contribution in [-0.4, -0.2) is 21.2 Å². The van der Waals surface area contributed by atoms with E-state index in [1.54, 1.807) is 13.8 Å². The lowest BCUT2D eigenvalue weighted by molar-refractivity contribution is 0.0697. The Balaban J connectivity index is 2.54. The van der Waals surface area contributed by atoms with E-state index in [2.05, 4.69) is 10.1 Å². The lowest BCUT2D eigenvalue weighted by Gasteiger charge is -1.89. The van der Waals surface area contributed by atoms with E-state index in [0.717, 1.165) is 6.20 Å². The summed E-state index contributed by atoms with van der Waals surface area (Å²) in [6, 6.07) is 0. The summed E-state index contributed by atoms with van der Waals surface area (Å²) < 4.78 is 10.0. The van der Waals surface area contributed by atoms with Crippen LogP contribution in [0, 0.1) is 13.8 Å². The van der Waals surface area contributed by atoms with Crippen LogP contribution in [0.25, 0.3) is 11.7 Å². The van der Waals surface area contributed by atoms with E-state index in [1.165, 1.54) is 0 Å². The van der Waals surface area contributed by atoms with Crippen LogP contribution < -0.4 is 0 Å². The van der Waals surface area contributed by atoms with Crippen LogP contribution in [0.5, 0.6) is 0 Å². The van der Waals surface area contributed by atoms with Gasteiger partial charge in [-0.1, -0.05) is 5.16 Å². The van der Waals surface area contributed by atoms with Gasteiger partial charge in [-0.25, -0.2) is 9.78 Å². The summed E-state index contributed by atoms with van der Waals surface area (Å²) in [5.41, 5.74) is 0.633. The number of nitrogens with zero attached hydrogens (tertiary/aromatic N) is 2. The maximum atomic E-state index is 10.8. The van der Waals surface area contributed by atoms with Crippen LogP contribution in [0.1, 0.15) is 21.8 Å². The SMILES string of the molecule is Cc1nc(-c2oncc2C(=O)O)oc1C. The van der Waals surface area contributed by atoms with Gasteiger partial charge in [0.2, 0.25) is 5.76 Å². The smallest absolute Gasteiger partial charge is 0.341 e. The highest BCUT2D eigenvalue weighted by molar-refractivity contribution is 5.92. The lowest BCUT2D eigenvalue weighted by Crippen LogP contribution is -1.95. The van der Waals surface area contributed by atoms with Gasteiger partial charge < -0.3 is 14.0 Å². The van der Waals surface area contributed by atoms with Gasteiger partial charge in [0.1, 0.15) is 11.3 Å². The predicted molar refractivity (Wildman–Crippen MR) is 48.4 cm³/mol. The molecule has 0 bridgehead atoms. The first-order chi connectivity index (χ1) is 7.09. The molecular weight excluding hydrogens is 200 g/mol. The topological polar surface area (TPSA) is 89.4 Å². The Labute approximate surface area is 84.5 Å². The second-order valence-electron chi connectivity index (χ2n) is 3.03. The van der Waals surface area contributed by atoms with Crippen molar-refractivity contribution in [3.8, 4) is 11.7 Å². The number of aromatic nitrogens is 2. The van der Waals surface area contributed by atoms with Crippen LogP contribution in [0.4, 0.5) is 0 Å². The number of rotatable bonds is 2. The standard InChI is InChI=1S/C9H8N2O4/c1-4-5(2)14-8(11-4)7-6(9(12)13)3-10-15-7/h3H,1-2H3,(H,12,13). The van der Waals surface area contributed by atoms with Gasteiger partial charge in [0, 0.05) is 0 Å². The molecule has 15 heavy (non-hydrogen) atoms. The molecule has 0 amide bonds. The summed E-state index contributed by atoms with van der Waals surface area (Å²) in [4.78, 5) is 14.8. The molecule has 1 N–H and O–H groups in total. The van der Waals surface area contributed by atoms with E-state index >= 15 is 0 Å². The van der Waals surface area contributed by atoms with Gasteiger partial charge in [0.05, 0.1) is 11.9 Å². The van der Waals surface area contributed by atoms with Crippen molar-refractivity contribution in [1.29, 1.82) is 0 Å². The zero-order chi connectivity index (χ0) is 11.0. The number of carboxylic acid groups (broad SMARTS) is 1. The molecule has 0 atom stereocenters. The predicted octanol–water partition coefficient (Wildman–Crippen LogP) is 1.64. The highest BCUT2D eigenvalue weighted by Gasteiger charge is 2.21. The fourth-order valence-electron chi connectivity index (χ4n) is 1.12. The van der Waals surface area contributed by atoms with Gasteiger partial charge in [0.25, 0.3) is 5.89 Å². The van der Waals surface area contributed by atoms with Crippen molar-refractivity contribution < 1.29 is 18.8 Å². The number of carboxylic acids is 1. The van der Waals surface area contributed by atoms with Crippen molar-refractivity contribution >= 4 is 5.97 Å². The molecule has 2 heterocycles. The molecular formula is C9H8N2O4. The summed E-state index contributed by atoms with van der Waals surface area (Å²) in [6.45, 7) is 3.50. The Bertz CT molecular complexity index is 492. The monoisotopic (exact) mass is 208 g/mol. The van der Waals surface area contributed by atoms with Gasteiger partial charge >= 0.3 is 5.97 Å². The third-order valence-electron chi connectivity index (χ3n) is 2.02. The Morgan fingerprint density at radius 1 is 1.47 bits per heavy atom. The highest BCUT2D eigenvalue weighted by atomic mass is 16.5. The average molecular weight is 208 g/mol. The van der Waals surface area contributed by atoms with Crippen LogP contribution in [0.15, 0.2) is 15.1 Å². The molecule has 78 valence electrons. The van der Waals surface area contributed by atoms with Crippen molar-refractivity contribution in [3.05, 3.63) is 23.2 Å². The molecule has 2 aromatic rings. The Hall–Kier alpha value is -2.11. The van der Waals surface area contributed by atoms with E-state index in [9.17, 15) is 4.79 Å². The molecule has 0 aliphatic rings. The maximum absolute atomic E-state index is 10.8. The molecule has 6 heteroatoms. The summed E-state index contributed by atoms with van der Waals surface area (Å²) in [5, 5.41) is 12.2. The van der Waals surface area contributed by atoms with Crippen LogP contribution >= 0.6 is 0 Å². The number of aromatic carboxylic acids is 1. The normalized spacial score (nSPS) is 10.5. The Kier molecular flexibility index (Phi) is 2.03. The van der Waals surface area contributed by atoms with Crippen molar-refractivity contribution in [2.24, 2.45) is 0 Å². The van der Waals surface area contributed by atoms with Crippen LogP contribution in [0.3, 0.4) is 0 Å². The number of hydrogen-bond donors (Lipinski definition) is 1. The van der Waals surface area contributed by atoms with E-state index in [4.69, 9.17) is 14.0 Å². The van der Waals surface area contributed by atoms with Crippen LogP contribution in [-0.2, 0) is 0 Å². The summed E-state index contributed by atoms with van der Waals surface area (Å²) in [5.74, 6) is -0.323. The molecule has 2 aromatic heterocycles. The minimum atomic E-state index is -1.13. The lowest BCUT2D eigenvalue weighted by atomic mass is 10.2.